The molecule has 1 fully saturated rings. The van der Waals surface area contributed by atoms with Gasteiger partial charge in [0.2, 0.25) is 5.91 Å². The van der Waals surface area contributed by atoms with Crippen molar-refractivity contribution in [1.29, 1.82) is 0 Å². The Morgan fingerprint density at radius 2 is 2.00 bits per heavy atom. The van der Waals surface area contributed by atoms with E-state index < -0.39 is 0 Å². The topological polar surface area (TPSA) is 48.1 Å². The molecule has 1 aromatic carbocycles. The van der Waals surface area contributed by atoms with Gasteiger partial charge >= 0.3 is 0 Å². The molecular formula is C20H29N3O. The average molecular weight is 327 g/mol. The summed E-state index contributed by atoms with van der Waals surface area (Å²) in [6.07, 6.45) is 7.61. The summed E-state index contributed by atoms with van der Waals surface area (Å²) in [6.45, 7) is 7.73. The highest BCUT2D eigenvalue weighted by molar-refractivity contribution is 5.95. The van der Waals surface area contributed by atoms with E-state index in [-0.39, 0.29) is 11.8 Å². The van der Waals surface area contributed by atoms with E-state index in [9.17, 15) is 4.79 Å². The number of amides is 1. The Morgan fingerprint density at radius 3 is 2.71 bits per heavy atom. The molecular weight excluding hydrogens is 298 g/mol. The van der Waals surface area contributed by atoms with Crippen LogP contribution in [0.1, 0.15) is 45.1 Å². The average Bonchev–Trinajstić information content (AvgIpc) is 3.23. The molecule has 3 rings (SSSR count). The van der Waals surface area contributed by atoms with Crippen LogP contribution in [-0.4, -0.2) is 35.4 Å². The lowest BCUT2D eigenvalue weighted by Gasteiger charge is -2.14. The third kappa shape index (κ3) is 3.81. The molecule has 0 radical (unpaired) electrons. The van der Waals surface area contributed by atoms with Gasteiger partial charge < -0.3 is 15.2 Å². The van der Waals surface area contributed by atoms with Gasteiger partial charge in [-0.3, -0.25) is 4.79 Å². The standard InChI is InChI=1S/C20H29N3O/c1-3-15(4-2)20(24)22-17-7-8-19-18(13-17)16(14-21-19)9-12-23-10-5-6-11-23/h7-8,13-15,21H,3-6,9-12H2,1-2H3,(H,22,24). The van der Waals surface area contributed by atoms with E-state index in [1.54, 1.807) is 0 Å². The molecule has 1 aliphatic heterocycles. The maximum absolute atomic E-state index is 12.3. The van der Waals surface area contributed by atoms with Gasteiger partial charge in [-0.05, 0) is 69.0 Å². The molecule has 0 unspecified atom stereocenters. The van der Waals surface area contributed by atoms with Crippen molar-refractivity contribution in [3.63, 3.8) is 0 Å². The van der Waals surface area contributed by atoms with Gasteiger partial charge in [0.1, 0.15) is 0 Å². The first-order valence-electron chi connectivity index (χ1n) is 9.34. The zero-order valence-corrected chi connectivity index (χ0v) is 14.9. The molecule has 0 bridgehead atoms. The Labute approximate surface area is 144 Å². The number of aromatic amines is 1. The Hall–Kier alpha value is -1.81. The molecule has 24 heavy (non-hydrogen) atoms. The number of benzene rings is 1. The van der Waals surface area contributed by atoms with E-state index in [1.165, 1.54) is 36.9 Å². The van der Waals surface area contributed by atoms with Crippen LogP contribution in [0, 0.1) is 5.92 Å². The van der Waals surface area contributed by atoms with Crippen LogP contribution in [0.15, 0.2) is 24.4 Å². The van der Waals surface area contributed by atoms with Crippen molar-refractivity contribution in [3.8, 4) is 0 Å². The number of aromatic nitrogens is 1. The Bertz CT molecular complexity index is 681. The zero-order chi connectivity index (χ0) is 16.9. The van der Waals surface area contributed by atoms with Crippen LogP contribution in [-0.2, 0) is 11.2 Å². The Morgan fingerprint density at radius 1 is 1.25 bits per heavy atom. The minimum Gasteiger partial charge on any atom is -0.361 e. The number of nitrogens with zero attached hydrogens (tertiary/aromatic N) is 1. The summed E-state index contributed by atoms with van der Waals surface area (Å²) in [6, 6.07) is 6.17. The molecule has 4 nitrogen and oxygen atoms in total. The minimum atomic E-state index is 0.0987. The van der Waals surface area contributed by atoms with Gasteiger partial charge in [0, 0.05) is 35.2 Å². The van der Waals surface area contributed by atoms with Gasteiger partial charge in [0.05, 0.1) is 0 Å². The van der Waals surface area contributed by atoms with Crippen LogP contribution in [0.25, 0.3) is 10.9 Å². The van der Waals surface area contributed by atoms with Gasteiger partial charge in [-0.2, -0.15) is 0 Å². The molecule has 2 N–H and O–H groups in total. The first kappa shape index (κ1) is 17.0. The molecule has 0 atom stereocenters. The lowest BCUT2D eigenvalue weighted by Crippen LogP contribution is -2.22. The number of anilines is 1. The molecule has 0 saturated carbocycles. The van der Waals surface area contributed by atoms with Crippen molar-refractivity contribution >= 4 is 22.5 Å². The molecule has 1 aromatic heterocycles. The summed E-state index contributed by atoms with van der Waals surface area (Å²) < 4.78 is 0. The highest BCUT2D eigenvalue weighted by Gasteiger charge is 2.15. The van der Waals surface area contributed by atoms with Crippen molar-refractivity contribution in [2.24, 2.45) is 5.92 Å². The second kappa shape index (κ2) is 7.84. The second-order valence-corrected chi connectivity index (χ2v) is 6.88. The fraction of sp³-hybridized carbons (Fsp3) is 0.550. The highest BCUT2D eigenvalue weighted by atomic mass is 16.1. The molecule has 2 heterocycles. The fourth-order valence-electron chi connectivity index (χ4n) is 3.65. The quantitative estimate of drug-likeness (QED) is 0.801. The van der Waals surface area contributed by atoms with Crippen LogP contribution in [0.4, 0.5) is 5.69 Å². The van der Waals surface area contributed by atoms with Crippen molar-refractivity contribution < 1.29 is 4.79 Å². The zero-order valence-electron chi connectivity index (χ0n) is 14.9. The fourth-order valence-corrected chi connectivity index (χ4v) is 3.65. The minimum absolute atomic E-state index is 0.0987. The lowest BCUT2D eigenvalue weighted by molar-refractivity contribution is -0.120. The van der Waals surface area contributed by atoms with Gasteiger partial charge in [-0.15, -0.1) is 0 Å². The van der Waals surface area contributed by atoms with Gasteiger partial charge in [0.15, 0.2) is 0 Å². The van der Waals surface area contributed by atoms with Crippen LogP contribution >= 0.6 is 0 Å². The number of H-pyrrole nitrogens is 1. The van der Waals surface area contributed by atoms with Crippen LogP contribution < -0.4 is 5.32 Å². The van der Waals surface area contributed by atoms with Gasteiger partial charge in [-0.25, -0.2) is 0 Å². The smallest absolute Gasteiger partial charge is 0.227 e. The number of carbonyl (C=O) groups is 1. The van der Waals surface area contributed by atoms with Crippen molar-refractivity contribution in [2.45, 2.75) is 46.0 Å². The maximum atomic E-state index is 12.3. The molecule has 1 amide bonds. The van der Waals surface area contributed by atoms with Crippen LogP contribution in [0.5, 0.6) is 0 Å². The van der Waals surface area contributed by atoms with Gasteiger partial charge in [-0.1, -0.05) is 13.8 Å². The molecule has 0 aliphatic carbocycles. The number of carbonyl (C=O) groups excluding carboxylic acids is 1. The third-order valence-electron chi connectivity index (χ3n) is 5.29. The molecule has 1 saturated heterocycles. The monoisotopic (exact) mass is 327 g/mol. The molecule has 4 heteroatoms. The predicted molar refractivity (Wildman–Crippen MR) is 100 cm³/mol. The highest BCUT2D eigenvalue weighted by Crippen LogP contribution is 2.24. The number of fused-ring (bicyclic) bond motifs is 1. The molecule has 2 aromatic rings. The Balaban J connectivity index is 1.71. The van der Waals surface area contributed by atoms with Gasteiger partial charge in [0.25, 0.3) is 0 Å². The largest absolute Gasteiger partial charge is 0.361 e. The predicted octanol–water partition coefficient (Wildman–Crippen LogP) is 4.18. The number of nitrogens with one attached hydrogen (secondary N) is 2. The van der Waals surface area contributed by atoms with E-state index in [0.717, 1.165) is 37.0 Å². The SMILES string of the molecule is CCC(CC)C(=O)Nc1ccc2[nH]cc(CCN3CCCC3)c2c1. The molecule has 1 aliphatic rings. The summed E-state index contributed by atoms with van der Waals surface area (Å²) in [7, 11) is 0. The number of rotatable bonds is 7. The summed E-state index contributed by atoms with van der Waals surface area (Å²) >= 11 is 0. The van der Waals surface area contributed by atoms with E-state index in [0.29, 0.717) is 0 Å². The molecule has 0 spiro atoms. The first-order chi connectivity index (χ1) is 11.7. The van der Waals surface area contributed by atoms with Crippen molar-refractivity contribution in [1.82, 2.24) is 9.88 Å². The van der Waals surface area contributed by atoms with Crippen LogP contribution in [0.2, 0.25) is 0 Å². The van der Waals surface area contributed by atoms with Crippen molar-refractivity contribution in [2.75, 3.05) is 25.0 Å². The summed E-state index contributed by atoms with van der Waals surface area (Å²) in [4.78, 5) is 18.2. The summed E-state index contributed by atoms with van der Waals surface area (Å²) in [5, 5.41) is 4.32. The van der Waals surface area contributed by atoms with E-state index in [1.807, 2.05) is 6.07 Å². The maximum Gasteiger partial charge on any atom is 0.227 e. The normalized spacial score (nSPS) is 15.5. The number of hydrogen-bond acceptors (Lipinski definition) is 2. The molecule has 130 valence electrons. The van der Waals surface area contributed by atoms with Crippen LogP contribution in [0.3, 0.4) is 0 Å². The first-order valence-corrected chi connectivity index (χ1v) is 9.34. The number of likely N-dealkylation sites (tertiary alicyclic amines) is 1. The summed E-state index contributed by atoms with van der Waals surface area (Å²) in [5.74, 6) is 0.232. The summed E-state index contributed by atoms with van der Waals surface area (Å²) in [5.41, 5.74) is 3.39. The second-order valence-electron chi connectivity index (χ2n) is 6.88. The van der Waals surface area contributed by atoms with E-state index >= 15 is 0 Å². The van der Waals surface area contributed by atoms with Crippen molar-refractivity contribution in [3.05, 3.63) is 30.0 Å². The lowest BCUT2D eigenvalue weighted by atomic mass is 10.0. The van der Waals surface area contributed by atoms with E-state index in [2.05, 4.69) is 47.4 Å². The van der Waals surface area contributed by atoms with E-state index in [4.69, 9.17) is 0 Å². The Kier molecular flexibility index (Phi) is 5.56. The number of hydrogen-bond donors (Lipinski definition) is 2. The third-order valence-corrected chi connectivity index (χ3v) is 5.29.